The molecule has 7 heteroatoms. The van der Waals surface area contributed by atoms with Crippen LogP contribution in [-0.4, -0.2) is 27.1 Å². The van der Waals surface area contributed by atoms with Crippen LogP contribution in [0.2, 0.25) is 0 Å². The molecular weight excluding hydrogens is 445 g/mol. The lowest BCUT2D eigenvalue weighted by molar-refractivity contribution is 0.0697. The monoisotopic (exact) mass is 461 g/mol. The number of carboxylic acids is 1. The summed E-state index contributed by atoms with van der Waals surface area (Å²) in [7, 11) is 0. The maximum Gasteiger partial charge on any atom is 0.335 e. The van der Waals surface area contributed by atoms with Crippen molar-refractivity contribution >= 4 is 40.5 Å². The minimum absolute atomic E-state index is 0.157. The molecule has 1 aromatic heterocycles. The number of aryl methyl sites for hydroxylation is 2. The van der Waals surface area contributed by atoms with Crippen LogP contribution in [0.15, 0.2) is 52.3 Å². The number of hydrogen-bond acceptors (Lipinski definition) is 3. The lowest BCUT2D eigenvalue weighted by atomic mass is 10.1. The van der Waals surface area contributed by atoms with Crippen LogP contribution in [0.4, 0.5) is 5.69 Å². The Morgan fingerprint density at radius 3 is 2.54 bits per heavy atom. The van der Waals surface area contributed by atoms with E-state index in [0.29, 0.717) is 16.9 Å². The van der Waals surface area contributed by atoms with E-state index in [1.54, 1.807) is 13.0 Å². The van der Waals surface area contributed by atoms with Gasteiger partial charge in [-0.3, -0.25) is 14.9 Å². The van der Waals surface area contributed by atoms with Gasteiger partial charge in [-0.15, -0.1) is 0 Å². The van der Waals surface area contributed by atoms with Gasteiger partial charge in [0.25, 0.3) is 5.56 Å². The molecule has 2 aromatic carbocycles. The molecule has 0 bridgehead atoms. The minimum atomic E-state index is -1.01. The predicted molar refractivity (Wildman–Crippen MR) is 109 cm³/mol. The summed E-state index contributed by atoms with van der Waals surface area (Å²) in [5.74, 6) is -1.01. The van der Waals surface area contributed by atoms with Crippen molar-refractivity contribution in [3.8, 4) is 5.69 Å². The van der Waals surface area contributed by atoms with E-state index in [2.05, 4.69) is 32.7 Å². The maximum absolute atomic E-state index is 12.7. The first-order valence-electron chi connectivity index (χ1n) is 7.82. The van der Waals surface area contributed by atoms with Gasteiger partial charge in [0.1, 0.15) is 0 Å². The lowest BCUT2D eigenvalue weighted by Gasteiger charge is -2.01. The van der Waals surface area contributed by atoms with Crippen molar-refractivity contribution < 1.29 is 9.90 Å². The Morgan fingerprint density at radius 1 is 1.19 bits per heavy atom. The Morgan fingerprint density at radius 2 is 1.88 bits per heavy atom. The third-order valence-corrected chi connectivity index (χ3v) is 4.71. The Kier molecular flexibility index (Phi) is 5.08. The van der Waals surface area contributed by atoms with E-state index < -0.39 is 5.97 Å². The second-order valence-corrected chi connectivity index (χ2v) is 7.08. The van der Waals surface area contributed by atoms with Crippen LogP contribution in [0.1, 0.15) is 27.2 Å². The predicted octanol–water partition coefficient (Wildman–Crippen LogP) is 3.84. The molecule has 2 N–H and O–H groups in total. The van der Waals surface area contributed by atoms with Crippen LogP contribution in [0, 0.1) is 17.4 Å². The van der Waals surface area contributed by atoms with E-state index in [1.807, 2.05) is 31.2 Å². The van der Waals surface area contributed by atoms with Gasteiger partial charge >= 0.3 is 5.97 Å². The number of H-pyrrole nitrogens is 1. The first-order valence-corrected chi connectivity index (χ1v) is 8.90. The SMILES string of the molecule is Cc1ccc(C(=O)O)cc1N=Cc1c(C)[nH]n(-c2ccc(I)cc2)c1=O. The standard InChI is InChI=1S/C19H16IN3O3/c1-11-3-4-13(19(25)26)9-17(11)21-10-16-12(2)22-23(18(16)24)15-7-5-14(20)6-8-15/h3-10,22H,1-2H3,(H,25,26). The number of aromatic carboxylic acids is 1. The molecule has 0 unspecified atom stereocenters. The van der Waals surface area contributed by atoms with Crippen molar-refractivity contribution in [1.29, 1.82) is 0 Å². The van der Waals surface area contributed by atoms with E-state index in [0.717, 1.165) is 14.8 Å². The highest BCUT2D eigenvalue weighted by atomic mass is 127. The van der Waals surface area contributed by atoms with E-state index in [1.165, 1.54) is 23.0 Å². The molecule has 0 aliphatic carbocycles. The number of carboxylic acid groups (broad SMARTS) is 1. The Hall–Kier alpha value is -2.68. The first-order chi connectivity index (χ1) is 12.4. The van der Waals surface area contributed by atoms with Crippen LogP contribution in [0.3, 0.4) is 0 Å². The molecule has 0 radical (unpaired) electrons. The fourth-order valence-corrected chi connectivity index (χ4v) is 2.86. The molecule has 132 valence electrons. The van der Waals surface area contributed by atoms with Gasteiger partial charge in [0.05, 0.1) is 22.5 Å². The number of carbonyl (C=O) groups is 1. The second-order valence-electron chi connectivity index (χ2n) is 5.83. The number of nitrogens with one attached hydrogen (secondary N) is 1. The van der Waals surface area contributed by atoms with Crippen LogP contribution in [0.25, 0.3) is 5.69 Å². The van der Waals surface area contributed by atoms with E-state index in [-0.39, 0.29) is 11.1 Å². The second kappa shape index (κ2) is 7.28. The topological polar surface area (TPSA) is 87.4 Å². The Balaban J connectivity index is 2.00. The average molecular weight is 461 g/mol. The van der Waals surface area contributed by atoms with Gasteiger partial charge in [0, 0.05) is 15.5 Å². The summed E-state index contributed by atoms with van der Waals surface area (Å²) in [4.78, 5) is 28.2. The smallest absolute Gasteiger partial charge is 0.335 e. The van der Waals surface area contributed by atoms with Crippen molar-refractivity contribution in [3.63, 3.8) is 0 Å². The summed E-state index contributed by atoms with van der Waals surface area (Å²) in [6, 6.07) is 12.3. The Labute approximate surface area is 163 Å². The van der Waals surface area contributed by atoms with Gasteiger partial charge < -0.3 is 5.11 Å². The van der Waals surface area contributed by atoms with E-state index in [9.17, 15) is 9.59 Å². The number of rotatable bonds is 4. The number of aromatic amines is 1. The molecule has 0 amide bonds. The molecular formula is C19H16IN3O3. The third kappa shape index (κ3) is 3.62. The van der Waals surface area contributed by atoms with Gasteiger partial charge in [-0.2, -0.15) is 0 Å². The number of benzene rings is 2. The molecule has 0 atom stereocenters. The van der Waals surface area contributed by atoms with Gasteiger partial charge in [0.2, 0.25) is 0 Å². The fraction of sp³-hybridized carbons (Fsp3) is 0.105. The van der Waals surface area contributed by atoms with Gasteiger partial charge in [-0.05, 0) is 78.4 Å². The average Bonchev–Trinajstić information content (AvgIpc) is 2.89. The highest BCUT2D eigenvalue weighted by Gasteiger charge is 2.11. The highest BCUT2D eigenvalue weighted by molar-refractivity contribution is 14.1. The summed E-state index contributed by atoms with van der Waals surface area (Å²) in [6.45, 7) is 3.64. The Bertz CT molecular complexity index is 1060. The molecule has 3 aromatic rings. The molecule has 1 heterocycles. The van der Waals surface area contributed by atoms with Gasteiger partial charge in [-0.25, -0.2) is 9.48 Å². The molecule has 0 saturated heterocycles. The number of hydrogen-bond donors (Lipinski definition) is 2. The molecule has 3 rings (SSSR count). The molecule has 0 spiro atoms. The van der Waals surface area contributed by atoms with Crippen LogP contribution >= 0.6 is 22.6 Å². The molecule has 0 aliphatic rings. The van der Waals surface area contributed by atoms with E-state index >= 15 is 0 Å². The number of aliphatic imine (C=N–C) groups is 1. The lowest BCUT2D eigenvalue weighted by Crippen LogP contribution is -2.17. The zero-order valence-electron chi connectivity index (χ0n) is 14.2. The van der Waals surface area contributed by atoms with E-state index in [4.69, 9.17) is 5.11 Å². The summed E-state index contributed by atoms with van der Waals surface area (Å²) in [5, 5.41) is 12.2. The quantitative estimate of drug-likeness (QED) is 0.458. The summed E-state index contributed by atoms with van der Waals surface area (Å²) < 4.78 is 2.55. The fourth-order valence-electron chi connectivity index (χ4n) is 2.50. The third-order valence-electron chi connectivity index (χ3n) is 3.99. The zero-order valence-corrected chi connectivity index (χ0v) is 16.3. The van der Waals surface area contributed by atoms with Crippen molar-refractivity contribution in [1.82, 2.24) is 9.78 Å². The van der Waals surface area contributed by atoms with Crippen LogP contribution < -0.4 is 5.56 Å². The van der Waals surface area contributed by atoms with Crippen molar-refractivity contribution in [2.75, 3.05) is 0 Å². The minimum Gasteiger partial charge on any atom is -0.478 e. The normalized spacial score (nSPS) is 11.2. The maximum atomic E-state index is 12.7. The molecule has 6 nitrogen and oxygen atoms in total. The van der Waals surface area contributed by atoms with Gasteiger partial charge in [0.15, 0.2) is 0 Å². The van der Waals surface area contributed by atoms with Crippen molar-refractivity contribution in [2.24, 2.45) is 4.99 Å². The number of nitrogens with zero attached hydrogens (tertiary/aromatic N) is 2. The van der Waals surface area contributed by atoms with Gasteiger partial charge in [-0.1, -0.05) is 6.07 Å². The van der Waals surface area contributed by atoms with Crippen molar-refractivity contribution in [3.05, 3.63) is 78.8 Å². The highest BCUT2D eigenvalue weighted by Crippen LogP contribution is 2.20. The number of aromatic nitrogens is 2. The largest absolute Gasteiger partial charge is 0.478 e. The zero-order chi connectivity index (χ0) is 18.8. The molecule has 0 fully saturated rings. The summed E-state index contributed by atoms with van der Waals surface area (Å²) in [6.07, 6.45) is 1.48. The van der Waals surface area contributed by atoms with Crippen molar-refractivity contribution in [2.45, 2.75) is 13.8 Å². The molecule has 26 heavy (non-hydrogen) atoms. The number of halogens is 1. The van der Waals surface area contributed by atoms with Crippen LogP contribution in [0.5, 0.6) is 0 Å². The first kappa shape index (κ1) is 18.1. The summed E-state index contributed by atoms with van der Waals surface area (Å²) in [5.41, 5.74) is 3.16. The molecule has 0 saturated carbocycles. The molecule has 0 aliphatic heterocycles. The van der Waals surface area contributed by atoms with Crippen LogP contribution in [-0.2, 0) is 0 Å². The summed E-state index contributed by atoms with van der Waals surface area (Å²) >= 11 is 2.21.